The highest BCUT2D eigenvalue weighted by Crippen LogP contribution is 2.47. The number of rotatable bonds is 7. The van der Waals surface area contributed by atoms with Crippen molar-refractivity contribution in [1.29, 1.82) is 0 Å². The minimum atomic E-state index is -5.06. The molecule has 1 aliphatic carbocycles. The standard InChI is InChI=1S/C26H28F4N2O2/c27-25(13-15-31(16-14-25)23(33)12-11-19-7-3-1-4-8-19)18-32(24(34)26(28,29)30)22-17-21(22)20-9-5-2-6-10-20/h1-10,21-22H,11-18H2/t21-,22+/m0/s1. The lowest BCUT2D eigenvalue weighted by Gasteiger charge is -2.39. The van der Waals surface area contributed by atoms with Crippen LogP contribution in [0.2, 0.25) is 0 Å². The first-order valence-electron chi connectivity index (χ1n) is 11.6. The third-order valence-electron chi connectivity index (χ3n) is 6.82. The van der Waals surface area contributed by atoms with Crippen LogP contribution in [0, 0.1) is 0 Å². The molecular formula is C26H28F4N2O2. The number of amides is 2. The van der Waals surface area contributed by atoms with E-state index >= 15 is 4.39 Å². The molecule has 2 atom stereocenters. The monoisotopic (exact) mass is 476 g/mol. The van der Waals surface area contributed by atoms with Crippen molar-refractivity contribution in [3.63, 3.8) is 0 Å². The van der Waals surface area contributed by atoms with Crippen LogP contribution in [0.4, 0.5) is 17.6 Å². The van der Waals surface area contributed by atoms with Gasteiger partial charge in [0.15, 0.2) is 0 Å². The molecule has 1 aliphatic heterocycles. The van der Waals surface area contributed by atoms with Crippen molar-refractivity contribution in [2.75, 3.05) is 19.6 Å². The fraction of sp³-hybridized carbons (Fsp3) is 0.462. The van der Waals surface area contributed by atoms with Crippen LogP contribution < -0.4 is 0 Å². The number of hydrogen-bond acceptors (Lipinski definition) is 2. The summed E-state index contributed by atoms with van der Waals surface area (Å²) in [7, 11) is 0. The Kier molecular flexibility index (Phi) is 6.96. The van der Waals surface area contributed by atoms with Gasteiger partial charge in [0.2, 0.25) is 5.91 Å². The zero-order chi connectivity index (χ0) is 24.3. The Morgan fingerprint density at radius 3 is 2.15 bits per heavy atom. The van der Waals surface area contributed by atoms with E-state index < -0.39 is 30.3 Å². The number of carbonyl (C=O) groups excluding carboxylic acids is 2. The highest BCUT2D eigenvalue weighted by atomic mass is 19.4. The maximum atomic E-state index is 15.7. The highest BCUT2D eigenvalue weighted by Gasteiger charge is 2.54. The number of nitrogens with zero attached hydrogens (tertiary/aromatic N) is 2. The number of hydrogen-bond donors (Lipinski definition) is 0. The van der Waals surface area contributed by atoms with Crippen LogP contribution in [-0.2, 0) is 16.0 Å². The molecule has 0 aromatic heterocycles. The molecule has 0 radical (unpaired) electrons. The van der Waals surface area contributed by atoms with E-state index in [1.807, 2.05) is 48.5 Å². The molecule has 2 fully saturated rings. The molecule has 2 aromatic rings. The Hall–Kier alpha value is -2.90. The number of alkyl halides is 4. The van der Waals surface area contributed by atoms with Gasteiger partial charge in [-0.2, -0.15) is 13.2 Å². The van der Waals surface area contributed by atoms with Gasteiger partial charge in [0.05, 0.1) is 6.54 Å². The lowest BCUT2D eigenvalue weighted by atomic mass is 9.92. The molecule has 1 saturated carbocycles. The van der Waals surface area contributed by atoms with Gasteiger partial charge in [0.25, 0.3) is 0 Å². The molecule has 4 nitrogen and oxygen atoms in total. The molecule has 0 spiro atoms. The Bertz CT molecular complexity index is 989. The maximum absolute atomic E-state index is 15.7. The number of aryl methyl sites for hydroxylation is 1. The summed E-state index contributed by atoms with van der Waals surface area (Å²) in [5.74, 6) is -2.31. The number of likely N-dealkylation sites (tertiary alicyclic amines) is 1. The van der Waals surface area contributed by atoms with Crippen molar-refractivity contribution < 1.29 is 27.2 Å². The predicted molar refractivity (Wildman–Crippen MR) is 120 cm³/mol. The molecule has 182 valence electrons. The van der Waals surface area contributed by atoms with E-state index in [1.165, 1.54) is 0 Å². The minimum absolute atomic E-state index is 0.0889. The molecule has 1 heterocycles. The van der Waals surface area contributed by atoms with Crippen molar-refractivity contribution in [3.8, 4) is 0 Å². The average molecular weight is 477 g/mol. The first-order chi connectivity index (χ1) is 16.2. The largest absolute Gasteiger partial charge is 0.471 e. The lowest BCUT2D eigenvalue weighted by molar-refractivity contribution is -0.188. The second-order valence-electron chi connectivity index (χ2n) is 9.27. The van der Waals surface area contributed by atoms with Crippen molar-refractivity contribution >= 4 is 11.8 Å². The molecule has 4 rings (SSSR count). The summed E-state index contributed by atoms with van der Waals surface area (Å²) in [4.78, 5) is 27.0. The molecule has 2 amide bonds. The molecular weight excluding hydrogens is 448 g/mol. The number of benzene rings is 2. The van der Waals surface area contributed by atoms with Crippen LogP contribution in [0.3, 0.4) is 0 Å². The molecule has 0 N–H and O–H groups in total. The predicted octanol–water partition coefficient (Wildman–Crippen LogP) is 4.90. The van der Waals surface area contributed by atoms with Gasteiger partial charge in [0.1, 0.15) is 5.67 Å². The smallest absolute Gasteiger partial charge is 0.342 e. The van der Waals surface area contributed by atoms with Gasteiger partial charge in [0, 0.05) is 44.3 Å². The maximum Gasteiger partial charge on any atom is 0.471 e. The molecule has 8 heteroatoms. The third kappa shape index (κ3) is 5.77. The normalized spacial score (nSPS) is 21.7. The summed E-state index contributed by atoms with van der Waals surface area (Å²) in [5, 5.41) is 0. The van der Waals surface area contributed by atoms with Gasteiger partial charge in [-0.3, -0.25) is 9.59 Å². The Balaban J connectivity index is 1.36. The molecule has 0 unspecified atom stereocenters. The van der Waals surface area contributed by atoms with Gasteiger partial charge >= 0.3 is 12.1 Å². The van der Waals surface area contributed by atoms with Gasteiger partial charge in [-0.05, 0) is 24.0 Å². The van der Waals surface area contributed by atoms with Gasteiger partial charge in [-0.15, -0.1) is 0 Å². The second kappa shape index (κ2) is 9.76. The fourth-order valence-corrected chi connectivity index (χ4v) is 4.76. The molecule has 1 saturated heterocycles. The summed E-state index contributed by atoms with van der Waals surface area (Å²) in [6, 6.07) is 17.9. The van der Waals surface area contributed by atoms with Gasteiger partial charge in [-0.25, -0.2) is 4.39 Å². The van der Waals surface area contributed by atoms with Crippen LogP contribution in [0.25, 0.3) is 0 Å². The van der Waals surface area contributed by atoms with Gasteiger partial charge in [-0.1, -0.05) is 60.7 Å². The van der Waals surface area contributed by atoms with Gasteiger partial charge < -0.3 is 9.80 Å². The van der Waals surface area contributed by atoms with Crippen molar-refractivity contribution in [3.05, 3.63) is 71.8 Å². The summed E-state index contributed by atoms with van der Waals surface area (Å²) >= 11 is 0. The lowest BCUT2D eigenvalue weighted by Crippen LogP contribution is -2.53. The summed E-state index contributed by atoms with van der Waals surface area (Å²) < 4.78 is 55.6. The Labute approximate surface area is 196 Å². The zero-order valence-electron chi connectivity index (χ0n) is 18.8. The molecule has 2 aliphatic rings. The van der Waals surface area contributed by atoms with Crippen molar-refractivity contribution in [2.24, 2.45) is 0 Å². The van der Waals surface area contributed by atoms with E-state index in [0.29, 0.717) is 24.2 Å². The number of piperidine rings is 1. The van der Waals surface area contributed by atoms with Crippen LogP contribution in [0.5, 0.6) is 0 Å². The van der Waals surface area contributed by atoms with E-state index in [2.05, 4.69) is 0 Å². The number of carbonyl (C=O) groups is 2. The second-order valence-corrected chi connectivity index (χ2v) is 9.27. The van der Waals surface area contributed by atoms with Crippen molar-refractivity contribution in [1.82, 2.24) is 9.80 Å². The molecule has 0 bridgehead atoms. The SMILES string of the molecule is O=C(CCc1ccccc1)N1CCC(F)(CN(C(=O)C(F)(F)F)[C@@H]2C[C@H]2c2ccccc2)CC1. The quantitative estimate of drug-likeness (QED) is 0.534. The van der Waals surface area contributed by atoms with E-state index in [9.17, 15) is 22.8 Å². The summed E-state index contributed by atoms with van der Waals surface area (Å²) in [6.07, 6.45) is -3.99. The summed E-state index contributed by atoms with van der Waals surface area (Å²) in [6.45, 7) is -0.346. The summed E-state index contributed by atoms with van der Waals surface area (Å²) in [5.41, 5.74) is -0.0772. The first-order valence-corrected chi connectivity index (χ1v) is 11.6. The van der Waals surface area contributed by atoms with Crippen LogP contribution in [0.1, 0.15) is 42.7 Å². The minimum Gasteiger partial charge on any atom is -0.342 e. The average Bonchev–Trinajstić information content (AvgIpc) is 3.63. The van der Waals surface area contributed by atoms with Crippen molar-refractivity contribution in [2.45, 2.75) is 55.9 Å². The molecule has 34 heavy (non-hydrogen) atoms. The topological polar surface area (TPSA) is 40.6 Å². The Morgan fingerprint density at radius 1 is 0.971 bits per heavy atom. The van der Waals surface area contributed by atoms with E-state index in [1.54, 1.807) is 17.0 Å². The Morgan fingerprint density at radius 2 is 1.56 bits per heavy atom. The van der Waals surface area contributed by atoms with E-state index in [4.69, 9.17) is 0 Å². The third-order valence-corrected chi connectivity index (χ3v) is 6.82. The van der Waals surface area contributed by atoms with Crippen LogP contribution >= 0.6 is 0 Å². The highest BCUT2D eigenvalue weighted by molar-refractivity contribution is 5.83. The van der Waals surface area contributed by atoms with E-state index in [-0.39, 0.29) is 37.8 Å². The zero-order valence-corrected chi connectivity index (χ0v) is 18.8. The first kappa shape index (κ1) is 24.2. The fourth-order valence-electron chi connectivity index (χ4n) is 4.76. The van der Waals surface area contributed by atoms with Crippen LogP contribution in [-0.4, -0.2) is 59.1 Å². The van der Waals surface area contributed by atoms with E-state index in [0.717, 1.165) is 11.1 Å². The number of halogens is 4. The molecule has 2 aromatic carbocycles. The van der Waals surface area contributed by atoms with Crippen LogP contribution in [0.15, 0.2) is 60.7 Å².